The Kier molecular flexibility index (Phi) is 14.6. The van der Waals surface area contributed by atoms with Crippen LogP contribution in [0.5, 0.6) is 0 Å². The monoisotopic (exact) mass is 390 g/mol. The van der Waals surface area contributed by atoms with Gasteiger partial charge in [0, 0.05) is 18.7 Å². The van der Waals surface area contributed by atoms with Gasteiger partial charge in [-0.2, -0.15) is 0 Å². The van der Waals surface area contributed by atoms with E-state index in [1.807, 2.05) is 30.3 Å². The predicted octanol–water partition coefficient (Wildman–Crippen LogP) is 6.35. The number of carboxylic acids is 1. The summed E-state index contributed by atoms with van der Waals surface area (Å²) in [7, 11) is 0. The van der Waals surface area contributed by atoms with Crippen LogP contribution in [0.1, 0.15) is 89.9 Å². The molecular weight excluding hydrogens is 352 g/mol. The van der Waals surface area contributed by atoms with Crippen LogP contribution in [0.2, 0.25) is 0 Å². The number of hydrogen-bond acceptors (Lipinski definition) is 2. The minimum absolute atomic E-state index is 0.131. The lowest BCUT2D eigenvalue weighted by Gasteiger charge is -2.07. The maximum Gasteiger partial charge on any atom is 0.319 e. The molecule has 0 heterocycles. The molecule has 0 aliphatic rings. The second-order valence-corrected chi connectivity index (χ2v) is 7.49. The number of urea groups is 1. The van der Waals surface area contributed by atoms with Gasteiger partial charge in [0.25, 0.3) is 0 Å². The first-order valence-corrected chi connectivity index (χ1v) is 11.0. The molecule has 0 saturated heterocycles. The number of para-hydroxylation sites is 1. The molecule has 0 aromatic heterocycles. The molecule has 0 aliphatic heterocycles. The number of carbonyl (C=O) groups excluding carboxylic acids is 1. The molecule has 0 fully saturated rings. The number of rotatable bonds is 17. The Morgan fingerprint density at radius 3 is 1.64 bits per heavy atom. The Balaban J connectivity index is 1.76. The summed E-state index contributed by atoms with van der Waals surface area (Å²) >= 11 is 0. The summed E-state index contributed by atoms with van der Waals surface area (Å²) in [4.78, 5) is 22.1. The number of nitrogens with one attached hydrogen (secondary N) is 2. The van der Waals surface area contributed by atoms with E-state index in [4.69, 9.17) is 5.11 Å². The fraction of sp³-hybridized carbons (Fsp3) is 0.652. The first kappa shape index (κ1) is 24.0. The molecular formula is C23H38N2O3. The number of unbranched alkanes of at least 4 members (excludes halogenated alkanes) is 12. The van der Waals surface area contributed by atoms with Crippen molar-refractivity contribution in [1.82, 2.24) is 5.32 Å². The van der Waals surface area contributed by atoms with Crippen molar-refractivity contribution in [2.75, 3.05) is 11.9 Å². The maximum absolute atomic E-state index is 11.7. The van der Waals surface area contributed by atoms with E-state index in [1.165, 1.54) is 64.2 Å². The van der Waals surface area contributed by atoms with Crippen LogP contribution in [0, 0.1) is 0 Å². The molecule has 1 rings (SSSR count). The van der Waals surface area contributed by atoms with Crippen molar-refractivity contribution in [1.29, 1.82) is 0 Å². The molecule has 0 bridgehead atoms. The van der Waals surface area contributed by atoms with Crippen LogP contribution in [0.25, 0.3) is 0 Å². The maximum atomic E-state index is 11.7. The van der Waals surface area contributed by atoms with E-state index in [9.17, 15) is 9.59 Å². The van der Waals surface area contributed by atoms with Gasteiger partial charge in [-0.15, -0.1) is 0 Å². The highest BCUT2D eigenvalue weighted by atomic mass is 16.4. The zero-order chi connectivity index (χ0) is 20.3. The summed E-state index contributed by atoms with van der Waals surface area (Å²) in [5.74, 6) is -0.676. The summed E-state index contributed by atoms with van der Waals surface area (Å²) in [6.45, 7) is 0.727. The molecule has 0 aliphatic carbocycles. The van der Waals surface area contributed by atoms with Crippen molar-refractivity contribution in [2.45, 2.75) is 89.9 Å². The number of aliphatic carboxylic acids is 1. The zero-order valence-corrected chi connectivity index (χ0v) is 17.3. The molecule has 158 valence electrons. The molecule has 1 aromatic rings. The van der Waals surface area contributed by atoms with E-state index in [-0.39, 0.29) is 6.03 Å². The Morgan fingerprint density at radius 2 is 1.14 bits per heavy atom. The highest BCUT2D eigenvalue weighted by Crippen LogP contribution is 2.13. The van der Waals surface area contributed by atoms with Gasteiger partial charge in [-0.05, 0) is 25.0 Å². The molecule has 5 nitrogen and oxygen atoms in total. The standard InChI is InChI=1S/C23H38N2O3/c26-22(27)19-15-10-8-6-4-2-1-3-5-7-9-11-16-20-24-23(28)25-21-17-13-12-14-18-21/h12-14,17-18H,1-11,15-16,19-20H2,(H,26,27)(H2,24,25,28). The lowest BCUT2D eigenvalue weighted by atomic mass is 10.0. The number of hydrogen-bond donors (Lipinski definition) is 3. The van der Waals surface area contributed by atoms with Crippen LogP contribution >= 0.6 is 0 Å². The Labute approximate surface area is 170 Å². The summed E-state index contributed by atoms with van der Waals surface area (Å²) in [5.41, 5.74) is 0.818. The fourth-order valence-corrected chi connectivity index (χ4v) is 3.24. The van der Waals surface area contributed by atoms with Crippen LogP contribution in [0.15, 0.2) is 30.3 Å². The van der Waals surface area contributed by atoms with E-state index in [2.05, 4.69) is 10.6 Å². The zero-order valence-electron chi connectivity index (χ0n) is 17.3. The van der Waals surface area contributed by atoms with Gasteiger partial charge < -0.3 is 15.7 Å². The summed E-state index contributed by atoms with van der Waals surface area (Å²) in [6.07, 6.45) is 15.9. The lowest BCUT2D eigenvalue weighted by molar-refractivity contribution is -0.137. The predicted molar refractivity (Wildman–Crippen MR) is 116 cm³/mol. The highest BCUT2D eigenvalue weighted by Gasteiger charge is 2.00. The van der Waals surface area contributed by atoms with Gasteiger partial charge in [-0.3, -0.25) is 4.79 Å². The van der Waals surface area contributed by atoms with E-state index in [0.29, 0.717) is 6.42 Å². The van der Waals surface area contributed by atoms with Crippen LogP contribution < -0.4 is 10.6 Å². The van der Waals surface area contributed by atoms with E-state index >= 15 is 0 Å². The molecule has 0 radical (unpaired) electrons. The lowest BCUT2D eigenvalue weighted by Crippen LogP contribution is -2.29. The fourth-order valence-electron chi connectivity index (χ4n) is 3.24. The molecule has 5 heteroatoms. The van der Waals surface area contributed by atoms with E-state index in [0.717, 1.165) is 31.5 Å². The van der Waals surface area contributed by atoms with Crippen molar-refractivity contribution in [3.63, 3.8) is 0 Å². The van der Waals surface area contributed by atoms with Crippen molar-refractivity contribution in [2.24, 2.45) is 0 Å². The third-order valence-corrected chi connectivity index (χ3v) is 4.88. The van der Waals surface area contributed by atoms with Gasteiger partial charge in [-0.25, -0.2) is 4.79 Å². The van der Waals surface area contributed by atoms with Gasteiger partial charge in [0.05, 0.1) is 0 Å². The third-order valence-electron chi connectivity index (χ3n) is 4.88. The minimum atomic E-state index is -0.676. The highest BCUT2D eigenvalue weighted by molar-refractivity contribution is 5.89. The molecule has 28 heavy (non-hydrogen) atoms. The Hall–Kier alpha value is -2.04. The van der Waals surface area contributed by atoms with Crippen molar-refractivity contribution < 1.29 is 14.7 Å². The smallest absolute Gasteiger partial charge is 0.319 e. The Bertz CT molecular complexity index is 520. The normalized spacial score (nSPS) is 10.6. The number of benzene rings is 1. The summed E-state index contributed by atoms with van der Waals surface area (Å²) in [6, 6.07) is 9.36. The second-order valence-electron chi connectivity index (χ2n) is 7.49. The quantitative estimate of drug-likeness (QED) is 0.271. The van der Waals surface area contributed by atoms with Crippen LogP contribution in [-0.4, -0.2) is 23.7 Å². The summed E-state index contributed by atoms with van der Waals surface area (Å²) < 4.78 is 0. The number of anilines is 1. The molecule has 0 saturated carbocycles. The van der Waals surface area contributed by atoms with E-state index in [1.54, 1.807) is 0 Å². The van der Waals surface area contributed by atoms with Gasteiger partial charge in [0.15, 0.2) is 0 Å². The van der Waals surface area contributed by atoms with Crippen molar-refractivity contribution >= 4 is 17.7 Å². The summed E-state index contributed by atoms with van der Waals surface area (Å²) in [5, 5.41) is 14.3. The SMILES string of the molecule is O=C(O)CCCCCCCCCCCCCCCNC(=O)Nc1ccccc1. The van der Waals surface area contributed by atoms with Crippen LogP contribution in [0.3, 0.4) is 0 Å². The first-order chi connectivity index (χ1) is 13.7. The minimum Gasteiger partial charge on any atom is -0.481 e. The number of carboxylic acid groups (broad SMARTS) is 1. The van der Waals surface area contributed by atoms with Crippen molar-refractivity contribution in [3.05, 3.63) is 30.3 Å². The number of carbonyl (C=O) groups is 2. The molecule has 0 unspecified atom stereocenters. The van der Waals surface area contributed by atoms with Crippen molar-refractivity contribution in [3.8, 4) is 0 Å². The molecule has 0 spiro atoms. The van der Waals surface area contributed by atoms with Gasteiger partial charge in [-0.1, -0.05) is 88.8 Å². The molecule has 1 aromatic carbocycles. The Morgan fingerprint density at radius 1 is 0.679 bits per heavy atom. The molecule has 0 atom stereocenters. The molecule has 3 N–H and O–H groups in total. The van der Waals surface area contributed by atoms with Gasteiger partial charge in [0.2, 0.25) is 0 Å². The first-order valence-electron chi connectivity index (χ1n) is 11.0. The third kappa shape index (κ3) is 15.1. The van der Waals surface area contributed by atoms with Gasteiger partial charge in [0.1, 0.15) is 0 Å². The topological polar surface area (TPSA) is 78.4 Å². The van der Waals surface area contributed by atoms with E-state index < -0.39 is 5.97 Å². The molecule has 2 amide bonds. The van der Waals surface area contributed by atoms with Crippen LogP contribution in [0.4, 0.5) is 10.5 Å². The average Bonchev–Trinajstić information content (AvgIpc) is 2.68. The largest absolute Gasteiger partial charge is 0.481 e. The second kappa shape index (κ2) is 17.1. The number of amides is 2. The van der Waals surface area contributed by atoms with Crippen LogP contribution in [-0.2, 0) is 4.79 Å². The van der Waals surface area contributed by atoms with Gasteiger partial charge >= 0.3 is 12.0 Å². The average molecular weight is 391 g/mol.